The summed E-state index contributed by atoms with van der Waals surface area (Å²) in [6, 6.07) is 7.46. The van der Waals surface area contributed by atoms with Crippen molar-refractivity contribution in [3.8, 4) is 0 Å². The van der Waals surface area contributed by atoms with Crippen LogP contribution < -0.4 is 5.32 Å². The molecule has 2 rings (SSSR count). The van der Waals surface area contributed by atoms with Gasteiger partial charge in [0.15, 0.2) is 9.84 Å². The van der Waals surface area contributed by atoms with Gasteiger partial charge in [-0.25, -0.2) is 8.42 Å². The van der Waals surface area contributed by atoms with Crippen LogP contribution in [0.4, 0.5) is 18.9 Å². The number of hydrogen-bond donors (Lipinski definition) is 1. The number of carbonyl (C=O) groups excluding carboxylic acids is 1. The number of halogens is 4. The van der Waals surface area contributed by atoms with Gasteiger partial charge in [0.05, 0.1) is 10.5 Å². The lowest BCUT2D eigenvalue weighted by molar-refractivity contribution is -0.137. The van der Waals surface area contributed by atoms with Crippen LogP contribution in [0.2, 0.25) is 5.02 Å². The summed E-state index contributed by atoms with van der Waals surface area (Å²) in [5, 5.41) is 2.43. The first-order valence-electron chi connectivity index (χ1n) is 6.46. The molecule has 0 aliphatic heterocycles. The van der Waals surface area contributed by atoms with Gasteiger partial charge < -0.3 is 5.32 Å². The molecule has 2 aromatic carbocycles. The van der Waals surface area contributed by atoms with Crippen LogP contribution in [-0.2, 0) is 16.0 Å². The molecule has 0 spiro atoms. The third-order valence-corrected chi connectivity index (χ3v) is 4.34. The Morgan fingerprint density at radius 3 is 2.17 bits per heavy atom. The van der Waals surface area contributed by atoms with Crippen molar-refractivity contribution in [2.24, 2.45) is 0 Å². The van der Waals surface area contributed by atoms with Crippen LogP contribution in [0.15, 0.2) is 47.4 Å². The van der Waals surface area contributed by atoms with E-state index in [1.807, 2.05) is 0 Å². The Bertz CT molecular complexity index is 878. The summed E-state index contributed by atoms with van der Waals surface area (Å²) in [4.78, 5) is 12.0. The zero-order chi connectivity index (χ0) is 18.1. The first kappa shape index (κ1) is 18.3. The molecule has 4 nitrogen and oxygen atoms in total. The Hall–Kier alpha value is -2.06. The topological polar surface area (TPSA) is 63.2 Å². The van der Waals surface area contributed by atoms with Crippen molar-refractivity contribution < 1.29 is 26.4 Å². The van der Waals surface area contributed by atoms with Crippen molar-refractivity contribution in [2.75, 3.05) is 11.6 Å². The summed E-state index contributed by atoms with van der Waals surface area (Å²) in [5.74, 6) is -0.692. The lowest BCUT2D eigenvalue weighted by atomic mass is 10.1. The van der Waals surface area contributed by atoms with Gasteiger partial charge in [0.25, 0.3) is 5.91 Å². The predicted molar refractivity (Wildman–Crippen MR) is 84.0 cm³/mol. The van der Waals surface area contributed by atoms with E-state index in [2.05, 4.69) is 5.32 Å². The van der Waals surface area contributed by atoms with Crippen molar-refractivity contribution >= 4 is 33.0 Å². The van der Waals surface area contributed by atoms with Crippen LogP contribution in [0.25, 0.3) is 0 Å². The maximum absolute atomic E-state index is 12.5. The highest BCUT2D eigenvalue weighted by Gasteiger charge is 2.30. The number of benzene rings is 2. The normalized spacial score (nSPS) is 12.0. The molecule has 0 atom stereocenters. The van der Waals surface area contributed by atoms with Gasteiger partial charge in [-0.05, 0) is 42.5 Å². The number of amides is 1. The molecule has 2 aromatic rings. The molecule has 0 aliphatic carbocycles. The summed E-state index contributed by atoms with van der Waals surface area (Å²) in [5.41, 5.74) is -0.737. The molecule has 0 aliphatic rings. The number of sulfone groups is 1. The third kappa shape index (κ3) is 4.48. The van der Waals surface area contributed by atoms with E-state index in [1.165, 1.54) is 12.1 Å². The summed E-state index contributed by atoms with van der Waals surface area (Å²) in [7, 11) is -3.57. The summed E-state index contributed by atoms with van der Waals surface area (Å²) < 4.78 is 60.6. The molecule has 0 radical (unpaired) electrons. The summed E-state index contributed by atoms with van der Waals surface area (Å²) in [6.45, 7) is 0. The highest BCUT2D eigenvalue weighted by Crippen LogP contribution is 2.30. The van der Waals surface area contributed by atoms with E-state index in [4.69, 9.17) is 11.6 Å². The van der Waals surface area contributed by atoms with Crippen molar-refractivity contribution in [3.63, 3.8) is 0 Å². The Balaban J connectivity index is 2.26. The van der Waals surface area contributed by atoms with Gasteiger partial charge in [-0.1, -0.05) is 11.6 Å². The lowest BCUT2D eigenvalue weighted by Crippen LogP contribution is -2.13. The summed E-state index contributed by atoms with van der Waals surface area (Å²) >= 11 is 5.80. The van der Waals surface area contributed by atoms with Gasteiger partial charge in [-0.2, -0.15) is 13.2 Å². The van der Waals surface area contributed by atoms with Crippen LogP contribution in [0.5, 0.6) is 0 Å². The monoisotopic (exact) mass is 377 g/mol. The largest absolute Gasteiger partial charge is 0.416 e. The van der Waals surface area contributed by atoms with Gasteiger partial charge in [0, 0.05) is 22.5 Å². The van der Waals surface area contributed by atoms with Crippen molar-refractivity contribution in [2.45, 2.75) is 11.1 Å². The standard InChI is InChI=1S/C15H11ClF3NO3S/c1-24(22,23)13-7-9(6-11(16)8-13)14(21)20-12-4-2-10(3-5-12)15(17,18)19/h2-8H,1H3,(H,20,21). The van der Waals surface area contributed by atoms with Crippen LogP contribution in [0.3, 0.4) is 0 Å². The number of anilines is 1. The van der Waals surface area contributed by atoms with E-state index in [1.54, 1.807) is 0 Å². The van der Waals surface area contributed by atoms with Crippen LogP contribution in [-0.4, -0.2) is 20.6 Å². The maximum atomic E-state index is 12.5. The fourth-order valence-corrected chi connectivity index (χ4v) is 2.84. The van der Waals surface area contributed by atoms with Crippen molar-refractivity contribution in [1.29, 1.82) is 0 Å². The Morgan fingerprint density at radius 2 is 1.67 bits per heavy atom. The van der Waals surface area contributed by atoms with E-state index in [9.17, 15) is 26.4 Å². The minimum atomic E-state index is -4.47. The average Bonchev–Trinajstić information content (AvgIpc) is 2.45. The third-order valence-electron chi connectivity index (χ3n) is 3.03. The molecule has 1 amide bonds. The number of carbonyl (C=O) groups is 1. The second-order valence-electron chi connectivity index (χ2n) is 4.98. The van der Waals surface area contributed by atoms with Crippen molar-refractivity contribution in [3.05, 3.63) is 58.6 Å². The SMILES string of the molecule is CS(=O)(=O)c1cc(Cl)cc(C(=O)Nc2ccc(C(F)(F)F)cc2)c1. The molecular weight excluding hydrogens is 367 g/mol. The molecule has 1 N–H and O–H groups in total. The Morgan fingerprint density at radius 1 is 1.08 bits per heavy atom. The number of rotatable bonds is 3. The van der Waals surface area contributed by atoms with E-state index in [0.717, 1.165) is 36.6 Å². The molecule has 0 bridgehead atoms. The van der Waals surface area contributed by atoms with E-state index < -0.39 is 27.5 Å². The average molecular weight is 378 g/mol. The zero-order valence-corrected chi connectivity index (χ0v) is 13.8. The number of alkyl halides is 3. The minimum Gasteiger partial charge on any atom is -0.322 e. The van der Waals surface area contributed by atoms with Gasteiger partial charge >= 0.3 is 6.18 Å². The molecule has 128 valence electrons. The van der Waals surface area contributed by atoms with Crippen LogP contribution in [0.1, 0.15) is 15.9 Å². The van der Waals surface area contributed by atoms with E-state index in [0.29, 0.717) is 0 Å². The van der Waals surface area contributed by atoms with Crippen molar-refractivity contribution in [1.82, 2.24) is 0 Å². The molecule has 0 unspecified atom stereocenters. The molecule has 9 heteroatoms. The molecule has 0 saturated carbocycles. The molecule has 0 fully saturated rings. The first-order valence-corrected chi connectivity index (χ1v) is 8.73. The number of nitrogens with one attached hydrogen (secondary N) is 1. The molecule has 0 heterocycles. The van der Waals surface area contributed by atoms with Gasteiger partial charge in [0.2, 0.25) is 0 Å². The van der Waals surface area contributed by atoms with E-state index >= 15 is 0 Å². The minimum absolute atomic E-state index is 0.0252. The first-order chi connectivity index (χ1) is 11.0. The predicted octanol–water partition coefficient (Wildman–Crippen LogP) is 4.01. The fraction of sp³-hybridized carbons (Fsp3) is 0.133. The Labute approximate surface area is 141 Å². The Kier molecular flexibility index (Phi) is 4.91. The maximum Gasteiger partial charge on any atom is 0.416 e. The van der Waals surface area contributed by atoms with Crippen LogP contribution >= 0.6 is 11.6 Å². The van der Waals surface area contributed by atoms with Crippen LogP contribution in [0, 0.1) is 0 Å². The second kappa shape index (κ2) is 6.45. The number of hydrogen-bond acceptors (Lipinski definition) is 3. The zero-order valence-electron chi connectivity index (χ0n) is 12.2. The molecular formula is C15H11ClF3NO3S. The van der Waals surface area contributed by atoms with Gasteiger partial charge in [0.1, 0.15) is 0 Å². The molecule has 24 heavy (non-hydrogen) atoms. The van der Waals surface area contributed by atoms with E-state index in [-0.39, 0.29) is 21.2 Å². The lowest BCUT2D eigenvalue weighted by Gasteiger charge is -2.10. The fourth-order valence-electron chi connectivity index (χ4n) is 1.85. The summed E-state index contributed by atoms with van der Waals surface area (Å²) in [6.07, 6.45) is -3.50. The molecule has 0 saturated heterocycles. The second-order valence-corrected chi connectivity index (χ2v) is 7.43. The quantitative estimate of drug-likeness (QED) is 0.878. The smallest absolute Gasteiger partial charge is 0.322 e. The van der Waals surface area contributed by atoms with Gasteiger partial charge in [-0.3, -0.25) is 4.79 Å². The highest BCUT2D eigenvalue weighted by atomic mass is 35.5. The molecule has 0 aromatic heterocycles. The highest BCUT2D eigenvalue weighted by molar-refractivity contribution is 7.90. The van der Waals surface area contributed by atoms with Gasteiger partial charge in [-0.15, -0.1) is 0 Å².